The number of hydrogen-bond donors (Lipinski definition) is 1. The number of rotatable bonds is 10. The molecule has 1 fully saturated rings. The lowest BCUT2D eigenvalue weighted by molar-refractivity contribution is -0.140. The van der Waals surface area contributed by atoms with E-state index in [1.807, 2.05) is 24.3 Å². The molecule has 200 valence electrons. The van der Waals surface area contributed by atoms with Gasteiger partial charge < -0.3 is 29.1 Å². The highest BCUT2D eigenvalue weighted by Gasteiger charge is 2.46. The lowest BCUT2D eigenvalue weighted by Gasteiger charge is -2.28. The predicted octanol–water partition coefficient (Wildman–Crippen LogP) is 4.63. The summed E-state index contributed by atoms with van der Waals surface area (Å²) >= 11 is 0. The fraction of sp³-hybridized carbons (Fsp3) is 0.333. The average Bonchev–Trinajstić information content (AvgIpc) is 3.21. The number of likely N-dealkylation sites (tertiary alicyclic amines) is 1. The number of ketones is 1. The number of likely N-dealkylation sites (N-methyl/N-ethyl adjacent to an activating group) is 1. The first-order valence-electron chi connectivity index (χ1n) is 12.7. The van der Waals surface area contributed by atoms with Gasteiger partial charge in [-0.15, -0.1) is 0 Å². The molecule has 1 atom stereocenters. The number of aliphatic hydroxyl groups excluding tert-OH is 1. The third kappa shape index (κ3) is 5.04. The molecule has 3 aromatic carbocycles. The number of benzene rings is 3. The molecule has 3 aromatic rings. The van der Waals surface area contributed by atoms with E-state index in [0.29, 0.717) is 35.7 Å². The Bertz CT molecular complexity index is 1380. The van der Waals surface area contributed by atoms with Crippen molar-refractivity contribution in [2.45, 2.75) is 19.9 Å². The van der Waals surface area contributed by atoms with Gasteiger partial charge in [0.2, 0.25) is 0 Å². The van der Waals surface area contributed by atoms with Crippen LogP contribution in [0.1, 0.15) is 31.0 Å². The summed E-state index contributed by atoms with van der Waals surface area (Å²) in [5.41, 5.74) is 1.15. The van der Waals surface area contributed by atoms with Crippen molar-refractivity contribution in [1.82, 2.24) is 9.80 Å². The third-order valence-corrected chi connectivity index (χ3v) is 7.14. The minimum absolute atomic E-state index is 0.0506. The topological polar surface area (TPSA) is 88.5 Å². The SMILES string of the molecule is CCN(CC)CCN1C(=O)C(=O)/C(=C(/O)c2ccc3cc(OC)ccc3c2)C1c1ccc(OC)c(OC)c1. The highest BCUT2D eigenvalue weighted by Crippen LogP contribution is 2.42. The molecule has 1 unspecified atom stereocenters. The molecule has 0 bridgehead atoms. The van der Waals surface area contributed by atoms with E-state index in [-0.39, 0.29) is 11.3 Å². The van der Waals surface area contributed by atoms with Crippen molar-refractivity contribution in [3.8, 4) is 17.2 Å². The minimum Gasteiger partial charge on any atom is -0.507 e. The number of methoxy groups -OCH3 is 3. The maximum absolute atomic E-state index is 13.4. The van der Waals surface area contributed by atoms with Crippen LogP contribution in [-0.4, -0.2) is 74.1 Å². The van der Waals surface area contributed by atoms with Crippen molar-refractivity contribution in [2.24, 2.45) is 0 Å². The van der Waals surface area contributed by atoms with Crippen LogP contribution in [0.2, 0.25) is 0 Å². The van der Waals surface area contributed by atoms with Gasteiger partial charge in [-0.25, -0.2) is 0 Å². The average molecular weight is 519 g/mol. The van der Waals surface area contributed by atoms with Gasteiger partial charge in [-0.05, 0) is 59.8 Å². The van der Waals surface area contributed by atoms with Crippen LogP contribution in [0.15, 0.2) is 60.2 Å². The Labute approximate surface area is 223 Å². The van der Waals surface area contributed by atoms with E-state index in [4.69, 9.17) is 14.2 Å². The monoisotopic (exact) mass is 518 g/mol. The van der Waals surface area contributed by atoms with Crippen LogP contribution in [0, 0.1) is 0 Å². The summed E-state index contributed by atoms with van der Waals surface area (Å²) in [7, 11) is 4.68. The molecule has 38 heavy (non-hydrogen) atoms. The first kappa shape index (κ1) is 27.0. The first-order valence-corrected chi connectivity index (χ1v) is 12.7. The molecule has 0 aliphatic carbocycles. The smallest absolute Gasteiger partial charge is 0.295 e. The maximum Gasteiger partial charge on any atom is 0.295 e. The molecule has 1 amide bonds. The summed E-state index contributed by atoms with van der Waals surface area (Å²) in [6.07, 6.45) is 0. The van der Waals surface area contributed by atoms with Gasteiger partial charge in [0.15, 0.2) is 11.5 Å². The summed E-state index contributed by atoms with van der Waals surface area (Å²) in [6, 6.07) is 15.5. The molecule has 0 aromatic heterocycles. The number of Topliss-reactive ketones (excluding diaryl/α,β-unsaturated/α-hetero) is 1. The molecule has 0 saturated carbocycles. The van der Waals surface area contributed by atoms with Gasteiger partial charge >= 0.3 is 0 Å². The second-order valence-electron chi connectivity index (χ2n) is 9.06. The van der Waals surface area contributed by atoms with Crippen LogP contribution in [0.5, 0.6) is 17.2 Å². The molecule has 1 N–H and O–H groups in total. The zero-order chi connectivity index (χ0) is 27.4. The third-order valence-electron chi connectivity index (χ3n) is 7.14. The molecule has 0 spiro atoms. The lowest BCUT2D eigenvalue weighted by Crippen LogP contribution is -2.38. The number of hydrogen-bond acceptors (Lipinski definition) is 7. The molecular weight excluding hydrogens is 484 g/mol. The number of carbonyl (C=O) groups is 2. The van der Waals surface area contributed by atoms with Crippen molar-refractivity contribution in [1.29, 1.82) is 0 Å². The number of amides is 1. The second kappa shape index (κ2) is 11.6. The maximum atomic E-state index is 13.4. The Morgan fingerprint density at radius 1 is 0.868 bits per heavy atom. The first-order chi connectivity index (χ1) is 18.4. The normalized spacial score (nSPS) is 16.9. The zero-order valence-electron chi connectivity index (χ0n) is 22.5. The lowest BCUT2D eigenvalue weighted by atomic mass is 9.94. The number of fused-ring (bicyclic) bond motifs is 1. The van der Waals surface area contributed by atoms with Crippen LogP contribution in [0.3, 0.4) is 0 Å². The van der Waals surface area contributed by atoms with Crippen LogP contribution in [-0.2, 0) is 9.59 Å². The van der Waals surface area contributed by atoms with E-state index in [9.17, 15) is 14.7 Å². The van der Waals surface area contributed by atoms with E-state index >= 15 is 0 Å². The van der Waals surface area contributed by atoms with E-state index in [0.717, 1.165) is 29.6 Å². The molecule has 8 nitrogen and oxygen atoms in total. The van der Waals surface area contributed by atoms with Gasteiger partial charge in [-0.1, -0.05) is 38.1 Å². The van der Waals surface area contributed by atoms with Crippen molar-refractivity contribution < 1.29 is 28.9 Å². The molecule has 1 aliphatic heterocycles. The van der Waals surface area contributed by atoms with E-state index in [2.05, 4.69) is 18.7 Å². The fourth-order valence-electron chi connectivity index (χ4n) is 4.92. The van der Waals surface area contributed by atoms with Crippen LogP contribution in [0.4, 0.5) is 0 Å². The summed E-state index contributed by atoms with van der Waals surface area (Å²) in [5.74, 6) is 0.161. The zero-order valence-corrected chi connectivity index (χ0v) is 22.5. The standard InChI is InChI=1S/C30H34N2O6/c1-6-31(7-2)14-15-32-27(21-11-13-24(37-4)25(18-21)38-5)26(29(34)30(32)35)28(33)22-9-8-20-17-23(36-3)12-10-19(20)16-22/h8-13,16-18,27,33H,6-7,14-15H2,1-5H3/b28-26+. The van der Waals surface area contributed by atoms with Gasteiger partial charge in [-0.2, -0.15) is 0 Å². The molecule has 8 heteroatoms. The van der Waals surface area contributed by atoms with Gasteiger partial charge in [0.05, 0.1) is 32.9 Å². The highest BCUT2D eigenvalue weighted by atomic mass is 16.5. The Kier molecular flexibility index (Phi) is 8.22. The van der Waals surface area contributed by atoms with Crippen molar-refractivity contribution in [3.05, 3.63) is 71.3 Å². The number of carbonyl (C=O) groups excluding carboxylic acids is 2. The minimum atomic E-state index is -0.781. The van der Waals surface area contributed by atoms with Crippen molar-refractivity contribution in [2.75, 3.05) is 47.5 Å². The van der Waals surface area contributed by atoms with Crippen LogP contribution >= 0.6 is 0 Å². The van der Waals surface area contributed by atoms with Gasteiger partial charge in [0.25, 0.3) is 11.7 Å². The van der Waals surface area contributed by atoms with Crippen LogP contribution in [0.25, 0.3) is 16.5 Å². The van der Waals surface area contributed by atoms with E-state index < -0.39 is 17.7 Å². The highest BCUT2D eigenvalue weighted by molar-refractivity contribution is 6.46. The molecule has 4 rings (SSSR count). The van der Waals surface area contributed by atoms with Gasteiger partial charge in [-0.3, -0.25) is 9.59 Å². The fourth-order valence-corrected chi connectivity index (χ4v) is 4.92. The molecule has 0 radical (unpaired) electrons. The molecule has 1 aliphatic rings. The summed E-state index contributed by atoms with van der Waals surface area (Å²) in [5, 5.41) is 13.3. The molecule has 1 heterocycles. The Hall–Kier alpha value is -4.04. The summed E-state index contributed by atoms with van der Waals surface area (Å²) in [4.78, 5) is 30.5. The molecular formula is C30H34N2O6. The number of nitrogens with zero attached hydrogens (tertiary/aromatic N) is 2. The largest absolute Gasteiger partial charge is 0.507 e. The van der Waals surface area contributed by atoms with E-state index in [1.165, 1.54) is 7.11 Å². The predicted molar refractivity (Wildman–Crippen MR) is 147 cm³/mol. The van der Waals surface area contributed by atoms with Crippen LogP contribution < -0.4 is 14.2 Å². The van der Waals surface area contributed by atoms with Gasteiger partial charge in [0.1, 0.15) is 11.5 Å². The quantitative estimate of drug-likeness (QED) is 0.238. The van der Waals surface area contributed by atoms with Gasteiger partial charge in [0, 0.05) is 18.7 Å². The Balaban J connectivity index is 1.85. The summed E-state index contributed by atoms with van der Waals surface area (Å²) < 4.78 is 16.2. The second-order valence-corrected chi connectivity index (χ2v) is 9.06. The Morgan fingerprint density at radius 3 is 2.21 bits per heavy atom. The van der Waals surface area contributed by atoms with Crippen molar-refractivity contribution in [3.63, 3.8) is 0 Å². The Morgan fingerprint density at radius 2 is 1.55 bits per heavy atom. The van der Waals surface area contributed by atoms with Crippen molar-refractivity contribution >= 4 is 28.2 Å². The number of ether oxygens (including phenoxy) is 3. The number of aliphatic hydroxyl groups is 1. The van der Waals surface area contributed by atoms with E-state index in [1.54, 1.807) is 49.5 Å². The molecule has 1 saturated heterocycles. The summed E-state index contributed by atoms with van der Waals surface area (Å²) in [6.45, 7) is 6.69.